The Balaban J connectivity index is 1.43. The van der Waals surface area contributed by atoms with E-state index in [1.807, 2.05) is 18.3 Å². The Morgan fingerprint density at radius 1 is 1.25 bits per heavy atom. The maximum absolute atomic E-state index is 6.09. The number of rotatable bonds is 10. The first-order valence-electron chi connectivity index (χ1n) is 10.6. The summed E-state index contributed by atoms with van der Waals surface area (Å²) in [5, 5.41) is 8.94. The van der Waals surface area contributed by atoms with Crippen molar-refractivity contribution in [3.8, 4) is 0 Å². The molecule has 1 unspecified atom stereocenters. The van der Waals surface area contributed by atoms with Crippen LogP contribution in [0.15, 0.2) is 30.5 Å². The fourth-order valence-electron chi connectivity index (χ4n) is 3.85. The fraction of sp³-hybridized carbons (Fsp3) is 0.591. The second kappa shape index (κ2) is 11.0. The number of halogens is 1. The lowest BCUT2D eigenvalue weighted by atomic mass is 10.1. The number of benzene rings is 1. The van der Waals surface area contributed by atoms with Crippen LogP contribution in [0, 0.1) is 0 Å². The van der Waals surface area contributed by atoms with Crippen molar-refractivity contribution < 1.29 is 0 Å². The van der Waals surface area contributed by atoms with Crippen molar-refractivity contribution in [2.24, 2.45) is 0 Å². The minimum atomic E-state index is 0.424. The van der Waals surface area contributed by atoms with Gasteiger partial charge < -0.3 is 15.5 Å². The summed E-state index contributed by atoms with van der Waals surface area (Å²) in [6.45, 7) is 13.8. The Hall–Kier alpha value is -1.40. The largest absolute Gasteiger partial charge is 0.382 e. The quantitative estimate of drug-likeness (QED) is 0.633. The van der Waals surface area contributed by atoms with Crippen molar-refractivity contribution in [2.75, 3.05) is 57.7 Å². The van der Waals surface area contributed by atoms with Crippen molar-refractivity contribution in [2.45, 2.75) is 32.7 Å². The van der Waals surface area contributed by atoms with Gasteiger partial charge in [-0.3, -0.25) is 9.88 Å². The number of anilines is 1. The number of fused-ring (bicyclic) bond motifs is 1. The summed E-state index contributed by atoms with van der Waals surface area (Å²) in [7, 11) is 0. The fourth-order valence-corrected chi connectivity index (χ4v) is 4.02. The molecular formula is C22H34ClN5. The third-order valence-corrected chi connectivity index (χ3v) is 5.84. The van der Waals surface area contributed by atoms with Crippen LogP contribution in [0.3, 0.4) is 0 Å². The van der Waals surface area contributed by atoms with Crippen LogP contribution in [-0.2, 0) is 0 Å². The highest BCUT2D eigenvalue weighted by atomic mass is 35.5. The molecule has 1 aromatic heterocycles. The lowest BCUT2D eigenvalue weighted by molar-refractivity contribution is 0.190. The molecule has 0 spiro atoms. The third kappa shape index (κ3) is 6.31. The van der Waals surface area contributed by atoms with Gasteiger partial charge in [-0.2, -0.15) is 0 Å². The molecule has 28 heavy (non-hydrogen) atoms. The molecule has 1 aromatic carbocycles. The molecular weight excluding hydrogens is 370 g/mol. The second-order valence-electron chi connectivity index (χ2n) is 7.73. The predicted molar refractivity (Wildman–Crippen MR) is 120 cm³/mol. The Morgan fingerprint density at radius 2 is 2.07 bits per heavy atom. The smallest absolute Gasteiger partial charge is 0.0737 e. The Morgan fingerprint density at radius 3 is 2.86 bits per heavy atom. The molecule has 154 valence electrons. The van der Waals surface area contributed by atoms with Crippen molar-refractivity contribution in [3.63, 3.8) is 0 Å². The number of aromatic nitrogens is 1. The summed E-state index contributed by atoms with van der Waals surface area (Å²) in [6, 6.07) is 8.38. The molecule has 1 aliphatic rings. The molecule has 0 amide bonds. The van der Waals surface area contributed by atoms with Gasteiger partial charge in [-0.25, -0.2) is 0 Å². The molecule has 0 aliphatic carbocycles. The average molecular weight is 404 g/mol. The van der Waals surface area contributed by atoms with Crippen molar-refractivity contribution in [1.29, 1.82) is 0 Å². The summed E-state index contributed by atoms with van der Waals surface area (Å²) in [5.41, 5.74) is 2.08. The van der Waals surface area contributed by atoms with Gasteiger partial charge in [-0.05, 0) is 57.1 Å². The van der Waals surface area contributed by atoms with E-state index < -0.39 is 0 Å². The monoisotopic (exact) mass is 403 g/mol. The van der Waals surface area contributed by atoms with Gasteiger partial charge in [0, 0.05) is 67.6 Å². The van der Waals surface area contributed by atoms with Crippen LogP contribution >= 0.6 is 11.6 Å². The molecule has 2 N–H and O–H groups in total. The van der Waals surface area contributed by atoms with Gasteiger partial charge in [0.1, 0.15) is 0 Å². The van der Waals surface area contributed by atoms with Crippen molar-refractivity contribution in [3.05, 3.63) is 35.5 Å². The first-order valence-corrected chi connectivity index (χ1v) is 11.0. The van der Waals surface area contributed by atoms with Gasteiger partial charge in [-0.1, -0.05) is 18.5 Å². The van der Waals surface area contributed by atoms with Gasteiger partial charge in [-0.15, -0.1) is 0 Å². The number of piperazine rings is 1. The van der Waals surface area contributed by atoms with E-state index in [9.17, 15) is 0 Å². The molecule has 0 bridgehead atoms. The van der Waals surface area contributed by atoms with Crippen LogP contribution in [0.5, 0.6) is 0 Å². The summed E-state index contributed by atoms with van der Waals surface area (Å²) in [6.07, 6.45) is 4.21. The SMILES string of the molecule is CCN(CCCC(C)Nc1ccnc2cc(Cl)ccc12)CCN1CCNCC1. The zero-order chi connectivity index (χ0) is 19.8. The first kappa shape index (κ1) is 21.3. The maximum Gasteiger partial charge on any atom is 0.0737 e. The number of hydrogen-bond donors (Lipinski definition) is 2. The van der Waals surface area contributed by atoms with Gasteiger partial charge in [0.15, 0.2) is 0 Å². The van der Waals surface area contributed by atoms with E-state index in [1.165, 1.54) is 39.1 Å². The van der Waals surface area contributed by atoms with E-state index >= 15 is 0 Å². The highest BCUT2D eigenvalue weighted by Gasteiger charge is 2.12. The van der Waals surface area contributed by atoms with Gasteiger partial charge in [0.05, 0.1) is 5.52 Å². The minimum absolute atomic E-state index is 0.424. The van der Waals surface area contributed by atoms with E-state index in [0.29, 0.717) is 6.04 Å². The molecule has 1 atom stereocenters. The summed E-state index contributed by atoms with van der Waals surface area (Å²) < 4.78 is 0. The minimum Gasteiger partial charge on any atom is -0.382 e. The maximum atomic E-state index is 6.09. The van der Waals surface area contributed by atoms with E-state index in [1.54, 1.807) is 0 Å². The highest BCUT2D eigenvalue weighted by Crippen LogP contribution is 2.25. The molecule has 0 saturated carbocycles. The molecule has 1 fully saturated rings. The summed E-state index contributed by atoms with van der Waals surface area (Å²) >= 11 is 6.09. The normalized spacial score (nSPS) is 16.6. The topological polar surface area (TPSA) is 43.4 Å². The van der Waals surface area contributed by atoms with Crippen LogP contribution in [0.4, 0.5) is 5.69 Å². The first-order chi connectivity index (χ1) is 13.7. The van der Waals surface area contributed by atoms with E-state index in [2.05, 4.69) is 51.4 Å². The van der Waals surface area contributed by atoms with Crippen molar-refractivity contribution >= 4 is 28.2 Å². The van der Waals surface area contributed by atoms with Crippen LogP contribution < -0.4 is 10.6 Å². The van der Waals surface area contributed by atoms with E-state index in [-0.39, 0.29) is 0 Å². The van der Waals surface area contributed by atoms with Crippen molar-refractivity contribution in [1.82, 2.24) is 20.1 Å². The van der Waals surface area contributed by atoms with Crippen LogP contribution in [0.2, 0.25) is 5.02 Å². The molecule has 0 radical (unpaired) electrons. The third-order valence-electron chi connectivity index (χ3n) is 5.61. The number of hydrogen-bond acceptors (Lipinski definition) is 5. The Kier molecular flexibility index (Phi) is 8.34. The highest BCUT2D eigenvalue weighted by molar-refractivity contribution is 6.31. The zero-order valence-electron chi connectivity index (χ0n) is 17.3. The van der Waals surface area contributed by atoms with Gasteiger partial charge in [0.2, 0.25) is 0 Å². The summed E-state index contributed by atoms with van der Waals surface area (Å²) in [4.78, 5) is 9.58. The van der Waals surface area contributed by atoms with Gasteiger partial charge in [0.25, 0.3) is 0 Å². The molecule has 6 heteroatoms. The zero-order valence-corrected chi connectivity index (χ0v) is 18.0. The Labute approximate surface area is 174 Å². The number of nitrogens with zero attached hydrogens (tertiary/aromatic N) is 3. The number of pyridine rings is 1. The molecule has 1 aliphatic heterocycles. The van der Waals surface area contributed by atoms with E-state index in [4.69, 9.17) is 11.6 Å². The number of nitrogens with one attached hydrogen (secondary N) is 2. The lowest BCUT2D eigenvalue weighted by Crippen LogP contribution is -2.46. The second-order valence-corrected chi connectivity index (χ2v) is 8.17. The molecule has 2 heterocycles. The molecule has 3 rings (SSSR count). The average Bonchev–Trinajstić information content (AvgIpc) is 2.71. The van der Waals surface area contributed by atoms with E-state index in [0.717, 1.165) is 47.7 Å². The molecule has 1 saturated heterocycles. The standard InChI is InChI=1S/C22H34ClN5/c1-3-27(15-16-28-13-10-24-11-14-28)12-4-5-18(2)26-21-8-9-25-22-17-19(23)6-7-20(21)22/h6-9,17-18,24H,3-5,10-16H2,1-2H3,(H,25,26). The molecule has 5 nitrogen and oxygen atoms in total. The Bertz CT molecular complexity index is 732. The predicted octanol–water partition coefficient (Wildman–Crippen LogP) is 3.70. The lowest BCUT2D eigenvalue weighted by Gasteiger charge is -2.30. The van der Waals surface area contributed by atoms with Crippen LogP contribution in [0.1, 0.15) is 26.7 Å². The number of likely N-dealkylation sites (N-methyl/N-ethyl adjacent to an activating group) is 1. The van der Waals surface area contributed by atoms with Crippen LogP contribution in [-0.4, -0.2) is 73.2 Å². The van der Waals surface area contributed by atoms with Gasteiger partial charge >= 0.3 is 0 Å². The van der Waals surface area contributed by atoms with Crippen LogP contribution in [0.25, 0.3) is 10.9 Å². The molecule has 2 aromatic rings. The summed E-state index contributed by atoms with van der Waals surface area (Å²) in [5.74, 6) is 0.